The molecule has 2 aliphatic heterocycles. The first kappa shape index (κ1) is 20.9. The molecule has 1 amide bonds. The Hall–Kier alpha value is -2.38. The Bertz CT molecular complexity index is 843. The summed E-state index contributed by atoms with van der Waals surface area (Å²) in [5, 5.41) is 0. The topological polar surface area (TPSA) is 68.0 Å². The minimum absolute atomic E-state index is 0.123. The number of benzene rings is 1. The van der Waals surface area contributed by atoms with E-state index in [2.05, 4.69) is 16.8 Å². The summed E-state index contributed by atoms with van der Waals surface area (Å²) in [6.07, 6.45) is 3.64. The van der Waals surface area contributed by atoms with E-state index in [1.165, 1.54) is 19.4 Å². The molecule has 7 heteroatoms. The van der Waals surface area contributed by atoms with Gasteiger partial charge in [0.15, 0.2) is 0 Å². The number of hydrogen-bond acceptors (Lipinski definition) is 6. The second kappa shape index (κ2) is 9.62. The highest BCUT2D eigenvalue weighted by molar-refractivity contribution is 5.93. The van der Waals surface area contributed by atoms with Gasteiger partial charge in [0.1, 0.15) is 5.75 Å². The number of rotatable bonds is 7. The van der Waals surface area contributed by atoms with Crippen LogP contribution in [-0.4, -0.2) is 72.7 Å². The normalized spacial score (nSPS) is 19.9. The van der Waals surface area contributed by atoms with Crippen LogP contribution >= 0.6 is 0 Å². The number of morpholine rings is 1. The third-order valence-corrected chi connectivity index (χ3v) is 5.94. The SMILES string of the molecule is Cc1nc(-c2ccc(OCCCN3CCC[C@@H]3C)cc2)oc1C(=O)N1CCOCC1. The van der Waals surface area contributed by atoms with Crippen LogP contribution < -0.4 is 4.74 Å². The number of oxazole rings is 1. The molecule has 162 valence electrons. The van der Waals surface area contributed by atoms with Crippen molar-refractivity contribution >= 4 is 5.91 Å². The fourth-order valence-corrected chi connectivity index (χ4v) is 4.10. The van der Waals surface area contributed by atoms with Gasteiger partial charge in [0, 0.05) is 31.2 Å². The predicted octanol–water partition coefficient (Wildman–Crippen LogP) is 3.38. The average molecular weight is 414 g/mol. The lowest BCUT2D eigenvalue weighted by Crippen LogP contribution is -2.40. The highest BCUT2D eigenvalue weighted by Crippen LogP contribution is 2.25. The van der Waals surface area contributed by atoms with E-state index < -0.39 is 0 Å². The maximum Gasteiger partial charge on any atom is 0.291 e. The number of aromatic nitrogens is 1. The fourth-order valence-electron chi connectivity index (χ4n) is 4.10. The molecule has 0 bridgehead atoms. The molecule has 0 radical (unpaired) electrons. The van der Waals surface area contributed by atoms with Crippen molar-refractivity contribution in [1.29, 1.82) is 0 Å². The molecule has 2 saturated heterocycles. The highest BCUT2D eigenvalue weighted by atomic mass is 16.5. The number of nitrogens with zero attached hydrogens (tertiary/aromatic N) is 3. The number of carbonyl (C=O) groups is 1. The van der Waals surface area contributed by atoms with Gasteiger partial charge in [0.25, 0.3) is 5.91 Å². The Morgan fingerprint density at radius 3 is 2.67 bits per heavy atom. The van der Waals surface area contributed by atoms with Crippen molar-refractivity contribution in [3.63, 3.8) is 0 Å². The van der Waals surface area contributed by atoms with E-state index in [0.717, 1.165) is 24.3 Å². The maximum absolute atomic E-state index is 12.7. The Kier molecular flexibility index (Phi) is 6.69. The van der Waals surface area contributed by atoms with Crippen LogP contribution in [0.25, 0.3) is 11.5 Å². The van der Waals surface area contributed by atoms with Crippen LogP contribution in [0.1, 0.15) is 42.4 Å². The molecule has 2 aliphatic rings. The Morgan fingerprint density at radius 2 is 1.97 bits per heavy atom. The van der Waals surface area contributed by atoms with Gasteiger partial charge < -0.3 is 23.7 Å². The molecule has 0 spiro atoms. The number of hydrogen-bond donors (Lipinski definition) is 0. The zero-order valence-electron chi connectivity index (χ0n) is 17.9. The van der Waals surface area contributed by atoms with Crippen LogP contribution in [0.2, 0.25) is 0 Å². The molecule has 1 atom stereocenters. The summed E-state index contributed by atoms with van der Waals surface area (Å²) in [6, 6.07) is 8.40. The zero-order valence-corrected chi connectivity index (χ0v) is 17.9. The Balaban J connectivity index is 1.32. The third kappa shape index (κ3) is 4.84. The summed E-state index contributed by atoms with van der Waals surface area (Å²) in [7, 11) is 0. The lowest BCUT2D eigenvalue weighted by molar-refractivity contribution is 0.0282. The van der Waals surface area contributed by atoms with Gasteiger partial charge in [0.05, 0.1) is 25.5 Å². The average Bonchev–Trinajstić information content (AvgIpc) is 3.37. The smallest absolute Gasteiger partial charge is 0.291 e. The quantitative estimate of drug-likeness (QED) is 0.649. The molecule has 1 aromatic heterocycles. The molecule has 3 heterocycles. The summed E-state index contributed by atoms with van der Waals surface area (Å²) in [6.45, 7) is 9.40. The Morgan fingerprint density at radius 1 is 1.20 bits per heavy atom. The van der Waals surface area contributed by atoms with Gasteiger partial charge in [-0.15, -0.1) is 0 Å². The van der Waals surface area contributed by atoms with E-state index in [1.54, 1.807) is 11.8 Å². The van der Waals surface area contributed by atoms with Gasteiger partial charge in [-0.25, -0.2) is 4.98 Å². The molecule has 30 heavy (non-hydrogen) atoms. The standard InChI is InChI=1S/C23H31N3O4/c1-17-5-3-10-25(17)11-4-14-29-20-8-6-19(7-9-20)22-24-18(2)21(30-22)23(27)26-12-15-28-16-13-26/h6-9,17H,3-5,10-16H2,1-2H3/t17-/m0/s1. The zero-order chi connectivity index (χ0) is 20.9. The number of amides is 1. The van der Waals surface area contributed by atoms with Crippen LogP contribution in [0.5, 0.6) is 5.75 Å². The largest absolute Gasteiger partial charge is 0.494 e. The summed E-state index contributed by atoms with van der Waals surface area (Å²) in [5.41, 5.74) is 1.44. The number of likely N-dealkylation sites (tertiary alicyclic amines) is 1. The first-order valence-electron chi connectivity index (χ1n) is 10.9. The molecular weight excluding hydrogens is 382 g/mol. The van der Waals surface area contributed by atoms with E-state index in [0.29, 0.717) is 56.3 Å². The monoisotopic (exact) mass is 413 g/mol. The molecule has 0 aliphatic carbocycles. The molecule has 4 rings (SSSR count). The molecule has 2 aromatic rings. The molecule has 0 N–H and O–H groups in total. The molecule has 0 saturated carbocycles. The van der Waals surface area contributed by atoms with E-state index >= 15 is 0 Å². The van der Waals surface area contributed by atoms with Gasteiger partial charge in [-0.05, 0) is 63.9 Å². The van der Waals surface area contributed by atoms with Crippen molar-refractivity contribution in [2.75, 3.05) is 46.0 Å². The summed E-state index contributed by atoms with van der Waals surface area (Å²) >= 11 is 0. The van der Waals surface area contributed by atoms with Crippen LogP contribution in [0.15, 0.2) is 28.7 Å². The third-order valence-electron chi connectivity index (χ3n) is 5.94. The Labute approximate surface area is 178 Å². The van der Waals surface area contributed by atoms with Crippen LogP contribution in [-0.2, 0) is 4.74 Å². The number of aryl methyl sites for hydroxylation is 1. The van der Waals surface area contributed by atoms with E-state index in [-0.39, 0.29) is 5.91 Å². The van der Waals surface area contributed by atoms with Crippen LogP contribution in [0.4, 0.5) is 0 Å². The van der Waals surface area contributed by atoms with E-state index in [1.807, 2.05) is 24.3 Å². The van der Waals surface area contributed by atoms with Crippen LogP contribution in [0, 0.1) is 6.92 Å². The van der Waals surface area contributed by atoms with Crippen molar-refractivity contribution in [2.24, 2.45) is 0 Å². The maximum atomic E-state index is 12.7. The fraction of sp³-hybridized carbons (Fsp3) is 0.565. The second-order valence-electron chi connectivity index (χ2n) is 8.09. The summed E-state index contributed by atoms with van der Waals surface area (Å²) < 4.78 is 17.0. The van der Waals surface area contributed by atoms with Crippen molar-refractivity contribution in [1.82, 2.24) is 14.8 Å². The minimum atomic E-state index is -0.123. The van der Waals surface area contributed by atoms with Gasteiger partial charge >= 0.3 is 0 Å². The van der Waals surface area contributed by atoms with E-state index in [9.17, 15) is 4.79 Å². The number of ether oxygens (including phenoxy) is 2. The van der Waals surface area contributed by atoms with Gasteiger partial charge in [0.2, 0.25) is 11.7 Å². The van der Waals surface area contributed by atoms with E-state index in [4.69, 9.17) is 13.9 Å². The number of carbonyl (C=O) groups excluding carboxylic acids is 1. The van der Waals surface area contributed by atoms with Gasteiger partial charge in [-0.3, -0.25) is 4.79 Å². The van der Waals surface area contributed by atoms with Gasteiger partial charge in [-0.2, -0.15) is 0 Å². The highest BCUT2D eigenvalue weighted by Gasteiger charge is 2.25. The lowest BCUT2D eigenvalue weighted by Gasteiger charge is -2.25. The first-order chi connectivity index (χ1) is 14.6. The molecule has 7 nitrogen and oxygen atoms in total. The predicted molar refractivity (Wildman–Crippen MR) is 114 cm³/mol. The summed E-state index contributed by atoms with van der Waals surface area (Å²) in [4.78, 5) is 21.4. The van der Waals surface area contributed by atoms with Crippen molar-refractivity contribution in [3.05, 3.63) is 35.7 Å². The van der Waals surface area contributed by atoms with Gasteiger partial charge in [-0.1, -0.05) is 0 Å². The van der Waals surface area contributed by atoms with Crippen molar-refractivity contribution in [2.45, 2.75) is 39.2 Å². The van der Waals surface area contributed by atoms with Crippen molar-refractivity contribution in [3.8, 4) is 17.2 Å². The lowest BCUT2D eigenvalue weighted by atomic mass is 10.2. The minimum Gasteiger partial charge on any atom is -0.494 e. The molecule has 2 fully saturated rings. The van der Waals surface area contributed by atoms with Crippen molar-refractivity contribution < 1.29 is 18.7 Å². The first-order valence-corrected chi connectivity index (χ1v) is 10.9. The van der Waals surface area contributed by atoms with Crippen LogP contribution in [0.3, 0.4) is 0 Å². The molecule has 1 aromatic carbocycles. The molecular formula is C23H31N3O4. The molecule has 0 unspecified atom stereocenters. The second-order valence-corrected chi connectivity index (χ2v) is 8.09. The summed E-state index contributed by atoms with van der Waals surface area (Å²) in [5.74, 6) is 1.48.